The van der Waals surface area contributed by atoms with Gasteiger partial charge in [0.15, 0.2) is 5.43 Å². The second kappa shape index (κ2) is 7.11. The molecule has 0 radical (unpaired) electrons. The van der Waals surface area contributed by atoms with Crippen molar-refractivity contribution in [2.45, 2.75) is 0 Å². The molecular weight excluding hydrogens is 284 g/mol. The minimum Gasteiger partial charge on any atom is -0.617 e. The number of benzene rings is 2. The molecule has 3 aromatic rings. The molecule has 3 nitrogen and oxygen atoms in total. The van der Waals surface area contributed by atoms with Gasteiger partial charge in [0.2, 0.25) is 0 Å². The molecule has 0 fully saturated rings. The smallest absolute Gasteiger partial charge is 0.200 e. The van der Waals surface area contributed by atoms with Gasteiger partial charge in [-0.25, -0.2) is 0 Å². The summed E-state index contributed by atoms with van der Waals surface area (Å²) in [4.78, 5) is 12.3. The van der Waals surface area contributed by atoms with Crippen molar-refractivity contribution in [1.29, 1.82) is 0 Å². The molecule has 0 N–H and O–H groups in total. The molecule has 0 saturated carbocycles. The zero-order valence-electron chi connectivity index (χ0n) is 11.9. The van der Waals surface area contributed by atoms with Crippen LogP contribution in [0, 0.1) is 0 Å². The minimum absolute atomic E-state index is 0.0121. The van der Waals surface area contributed by atoms with E-state index in [4.69, 9.17) is 4.42 Å². The number of rotatable bonds is 1. The number of hydrogen-bond acceptors (Lipinski definition) is 3. The summed E-state index contributed by atoms with van der Waals surface area (Å²) in [6.07, 6.45) is 4.81. The molecule has 0 spiro atoms. The van der Waals surface area contributed by atoms with E-state index in [-0.39, 0.29) is 5.43 Å². The fraction of sp³-hybridized carbons (Fsp3) is 0.118. The summed E-state index contributed by atoms with van der Waals surface area (Å²) in [6.45, 7) is 0. The lowest BCUT2D eigenvalue weighted by molar-refractivity contribution is 0.604. The SMILES string of the molecule is C[S+](C)[O-].O=c1c(-c2ccccc2)coc2ccccc12. The van der Waals surface area contributed by atoms with E-state index in [1.165, 1.54) is 6.26 Å². The van der Waals surface area contributed by atoms with E-state index < -0.39 is 11.2 Å². The third-order valence-electron chi connectivity index (χ3n) is 2.76. The average Bonchev–Trinajstić information content (AvgIpc) is 2.48. The van der Waals surface area contributed by atoms with E-state index in [1.54, 1.807) is 24.6 Å². The fourth-order valence-electron chi connectivity index (χ4n) is 1.89. The van der Waals surface area contributed by atoms with Crippen molar-refractivity contribution in [1.82, 2.24) is 0 Å². The van der Waals surface area contributed by atoms with Gasteiger partial charge in [0.05, 0.1) is 23.5 Å². The number of hydrogen-bond donors (Lipinski definition) is 0. The maximum Gasteiger partial charge on any atom is 0.200 e. The van der Waals surface area contributed by atoms with Gasteiger partial charge >= 0.3 is 0 Å². The summed E-state index contributed by atoms with van der Waals surface area (Å²) < 4.78 is 15.0. The maximum absolute atomic E-state index is 12.3. The van der Waals surface area contributed by atoms with Crippen LogP contribution in [0.4, 0.5) is 0 Å². The molecule has 0 aliphatic rings. The molecule has 0 bridgehead atoms. The Morgan fingerprint density at radius 1 is 0.952 bits per heavy atom. The van der Waals surface area contributed by atoms with E-state index >= 15 is 0 Å². The van der Waals surface area contributed by atoms with Gasteiger partial charge < -0.3 is 8.97 Å². The first-order chi connectivity index (χ1) is 10.1. The highest BCUT2D eigenvalue weighted by Crippen LogP contribution is 2.18. The molecule has 0 aliphatic heterocycles. The first kappa shape index (κ1) is 15.4. The molecule has 0 amide bonds. The van der Waals surface area contributed by atoms with Crippen molar-refractivity contribution in [3.63, 3.8) is 0 Å². The molecule has 108 valence electrons. The molecule has 1 aromatic heterocycles. The molecule has 21 heavy (non-hydrogen) atoms. The Labute approximate surface area is 126 Å². The Morgan fingerprint density at radius 2 is 1.52 bits per heavy atom. The number of para-hydroxylation sites is 1. The van der Waals surface area contributed by atoms with E-state index in [2.05, 4.69) is 0 Å². The largest absolute Gasteiger partial charge is 0.617 e. The zero-order valence-corrected chi connectivity index (χ0v) is 12.7. The molecule has 0 aliphatic carbocycles. The Bertz CT molecular complexity index is 761. The molecule has 2 aromatic carbocycles. The summed E-state index contributed by atoms with van der Waals surface area (Å²) in [7, 11) is 0. The lowest BCUT2D eigenvalue weighted by Gasteiger charge is -2.01. The van der Waals surface area contributed by atoms with Gasteiger partial charge in [-0.1, -0.05) is 53.6 Å². The summed E-state index contributed by atoms with van der Waals surface area (Å²) in [6, 6.07) is 16.8. The standard InChI is InChI=1S/C15H10O2.C2H6OS/c16-15-12-8-4-5-9-14(12)17-10-13(15)11-6-2-1-3-7-11;1-4(2)3/h1-10H;1-2H3. The maximum atomic E-state index is 12.3. The van der Waals surface area contributed by atoms with Gasteiger partial charge in [-0.05, 0) is 17.7 Å². The normalized spacial score (nSPS) is 10.3. The van der Waals surface area contributed by atoms with Crippen LogP contribution < -0.4 is 5.43 Å². The summed E-state index contributed by atoms with van der Waals surface area (Å²) >= 11 is -0.611. The molecule has 1 heterocycles. The number of fused-ring (bicyclic) bond motifs is 1. The van der Waals surface area contributed by atoms with Gasteiger partial charge in [-0.2, -0.15) is 0 Å². The van der Waals surface area contributed by atoms with Crippen LogP contribution in [0.2, 0.25) is 0 Å². The van der Waals surface area contributed by atoms with E-state index in [1.807, 2.05) is 42.5 Å². The molecular formula is C17H16O3S. The van der Waals surface area contributed by atoms with Gasteiger partial charge in [0, 0.05) is 0 Å². The van der Waals surface area contributed by atoms with E-state index in [9.17, 15) is 9.35 Å². The predicted octanol–water partition coefficient (Wildman–Crippen LogP) is 3.45. The van der Waals surface area contributed by atoms with Crippen LogP contribution in [0.25, 0.3) is 22.1 Å². The van der Waals surface area contributed by atoms with Crippen LogP contribution in [-0.4, -0.2) is 17.1 Å². The van der Waals surface area contributed by atoms with Crippen LogP contribution in [0.3, 0.4) is 0 Å². The molecule has 0 unspecified atom stereocenters. The van der Waals surface area contributed by atoms with Crippen LogP contribution in [0.5, 0.6) is 0 Å². The van der Waals surface area contributed by atoms with Crippen molar-refractivity contribution in [3.05, 3.63) is 71.1 Å². The summed E-state index contributed by atoms with van der Waals surface area (Å²) in [5.74, 6) is 0. The summed E-state index contributed by atoms with van der Waals surface area (Å²) in [5, 5.41) is 0.619. The van der Waals surface area contributed by atoms with Crippen LogP contribution in [-0.2, 0) is 11.2 Å². The van der Waals surface area contributed by atoms with Gasteiger partial charge in [-0.3, -0.25) is 4.79 Å². The molecule has 3 rings (SSSR count). The minimum atomic E-state index is -0.611. The Hall–Kier alpha value is -2.04. The van der Waals surface area contributed by atoms with Gasteiger partial charge in [0.1, 0.15) is 11.8 Å². The van der Waals surface area contributed by atoms with Crippen molar-refractivity contribution >= 4 is 22.1 Å². The zero-order chi connectivity index (χ0) is 15.2. The lowest BCUT2D eigenvalue weighted by atomic mass is 10.1. The molecule has 0 atom stereocenters. The predicted molar refractivity (Wildman–Crippen MR) is 87.9 cm³/mol. The first-order valence-corrected chi connectivity index (χ1v) is 8.37. The highest BCUT2D eigenvalue weighted by molar-refractivity contribution is 7.89. The third-order valence-corrected chi connectivity index (χ3v) is 2.76. The molecule has 4 heteroatoms. The van der Waals surface area contributed by atoms with Crippen molar-refractivity contribution in [3.8, 4) is 11.1 Å². The fourth-order valence-corrected chi connectivity index (χ4v) is 1.89. The Kier molecular flexibility index (Phi) is 5.20. The van der Waals surface area contributed by atoms with Gasteiger partial charge in [-0.15, -0.1) is 0 Å². The second-order valence-electron chi connectivity index (χ2n) is 4.58. The first-order valence-electron chi connectivity index (χ1n) is 6.40. The Morgan fingerprint density at radius 3 is 2.19 bits per heavy atom. The highest BCUT2D eigenvalue weighted by Gasteiger charge is 2.07. The summed E-state index contributed by atoms with van der Waals surface area (Å²) in [5.41, 5.74) is 2.12. The second-order valence-corrected chi connectivity index (χ2v) is 6.07. The van der Waals surface area contributed by atoms with Crippen LogP contribution in [0.1, 0.15) is 0 Å². The third kappa shape index (κ3) is 3.97. The lowest BCUT2D eigenvalue weighted by Crippen LogP contribution is -2.04. The van der Waals surface area contributed by atoms with Gasteiger partial charge in [0.25, 0.3) is 0 Å². The van der Waals surface area contributed by atoms with Crippen molar-refractivity contribution in [2.75, 3.05) is 12.5 Å². The van der Waals surface area contributed by atoms with Crippen LogP contribution >= 0.6 is 0 Å². The van der Waals surface area contributed by atoms with Crippen LogP contribution in [0.15, 0.2) is 70.1 Å². The highest BCUT2D eigenvalue weighted by atomic mass is 32.2. The quantitative estimate of drug-likeness (QED) is 0.647. The topological polar surface area (TPSA) is 53.3 Å². The van der Waals surface area contributed by atoms with E-state index in [0.717, 1.165) is 5.56 Å². The van der Waals surface area contributed by atoms with Crippen molar-refractivity contribution in [2.24, 2.45) is 0 Å². The van der Waals surface area contributed by atoms with E-state index in [0.29, 0.717) is 16.5 Å². The van der Waals surface area contributed by atoms with Crippen molar-refractivity contribution < 1.29 is 8.97 Å². The monoisotopic (exact) mass is 300 g/mol. The average molecular weight is 300 g/mol. The molecule has 0 saturated heterocycles. The Balaban J connectivity index is 0.000000361.